The quantitative estimate of drug-likeness (QED) is 0.764. The summed E-state index contributed by atoms with van der Waals surface area (Å²) in [5.74, 6) is 0.482. The van der Waals surface area contributed by atoms with Gasteiger partial charge in [-0.15, -0.1) is 11.6 Å². The van der Waals surface area contributed by atoms with Crippen LogP contribution in [-0.4, -0.2) is 4.98 Å². The van der Waals surface area contributed by atoms with E-state index in [1.165, 1.54) is 0 Å². The Labute approximate surface area is 118 Å². The molecule has 0 spiro atoms. The van der Waals surface area contributed by atoms with Crippen molar-refractivity contribution in [3.8, 4) is 17.3 Å². The third-order valence-corrected chi connectivity index (χ3v) is 3.56. The molecule has 0 N–H and O–H groups in total. The lowest BCUT2D eigenvalue weighted by molar-refractivity contribution is 1.19. The van der Waals surface area contributed by atoms with Gasteiger partial charge in [0, 0.05) is 17.6 Å². The number of hydrogen-bond acceptors (Lipinski definition) is 2. The van der Waals surface area contributed by atoms with E-state index < -0.39 is 0 Å². The number of alkyl halides is 1. The van der Waals surface area contributed by atoms with Gasteiger partial charge in [0.25, 0.3) is 0 Å². The first-order valence-electron chi connectivity index (χ1n) is 6.10. The molecule has 0 aliphatic rings. The van der Waals surface area contributed by atoms with Crippen molar-refractivity contribution in [2.45, 2.75) is 26.7 Å². The average Bonchev–Trinajstić information content (AvgIpc) is 2.39. The molecule has 0 amide bonds. The number of nitrogens with zero attached hydrogens (tertiary/aromatic N) is 2. The first-order chi connectivity index (χ1) is 9.06. The fourth-order valence-corrected chi connectivity index (χ4v) is 2.57. The molecule has 0 aliphatic heterocycles. The second-order valence-corrected chi connectivity index (χ2v) is 4.99. The van der Waals surface area contributed by atoms with Gasteiger partial charge in [-0.25, -0.2) is 0 Å². The summed E-state index contributed by atoms with van der Waals surface area (Å²) in [6.45, 7) is 6.02. The molecule has 19 heavy (non-hydrogen) atoms. The van der Waals surface area contributed by atoms with Gasteiger partial charge in [-0.3, -0.25) is 4.98 Å². The second-order valence-electron chi connectivity index (χ2n) is 4.73. The van der Waals surface area contributed by atoms with Crippen LogP contribution in [0, 0.1) is 32.1 Å². The second kappa shape index (κ2) is 5.42. The Kier molecular flexibility index (Phi) is 3.87. The van der Waals surface area contributed by atoms with E-state index in [0.29, 0.717) is 11.4 Å². The van der Waals surface area contributed by atoms with Gasteiger partial charge in [0.1, 0.15) is 0 Å². The average molecular weight is 271 g/mol. The molecular formula is C16H15ClN2. The molecule has 2 aromatic rings. The number of nitriles is 1. The highest BCUT2D eigenvalue weighted by Crippen LogP contribution is 2.28. The molecule has 0 aliphatic carbocycles. The van der Waals surface area contributed by atoms with Crippen LogP contribution in [0.25, 0.3) is 11.3 Å². The van der Waals surface area contributed by atoms with Crippen molar-refractivity contribution in [1.82, 2.24) is 4.98 Å². The molecule has 0 atom stereocenters. The Morgan fingerprint density at radius 1 is 1.11 bits per heavy atom. The molecule has 0 fully saturated rings. The molecule has 1 aromatic heterocycles. The zero-order chi connectivity index (χ0) is 14.0. The van der Waals surface area contributed by atoms with E-state index in [0.717, 1.165) is 33.5 Å². The number of aromatic nitrogens is 1. The van der Waals surface area contributed by atoms with Crippen molar-refractivity contribution in [3.63, 3.8) is 0 Å². The Morgan fingerprint density at radius 2 is 1.74 bits per heavy atom. The molecule has 1 aromatic carbocycles. The molecular weight excluding hydrogens is 256 g/mol. The first kappa shape index (κ1) is 13.6. The minimum absolute atomic E-state index is 0.482. The third-order valence-electron chi connectivity index (χ3n) is 3.28. The molecule has 96 valence electrons. The predicted octanol–water partition coefficient (Wildman–Crippen LogP) is 4.28. The zero-order valence-electron chi connectivity index (χ0n) is 11.3. The maximum absolute atomic E-state index is 8.98. The van der Waals surface area contributed by atoms with E-state index in [-0.39, 0.29) is 0 Å². The molecule has 0 bridgehead atoms. The third kappa shape index (κ3) is 2.62. The van der Waals surface area contributed by atoms with Gasteiger partial charge < -0.3 is 0 Å². The molecule has 0 saturated carbocycles. The van der Waals surface area contributed by atoms with E-state index in [1.807, 2.05) is 45.2 Å². The zero-order valence-corrected chi connectivity index (χ0v) is 12.0. The van der Waals surface area contributed by atoms with Crippen LogP contribution < -0.4 is 0 Å². The predicted molar refractivity (Wildman–Crippen MR) is 78.2 cm³/mol. The van der Waals surface area contributed by atoms with Crippen LogP contribution in [-0.2, 0) is 5.88 Å². The van der Waals surface area contributed by atoms with Crippen molar-refractivity contribution >= 4 is 11.6 Å². The van der Waals surface area contributed by atoms with Crippen molar-refractivity contribution < 1.29 is 0 Å². The standard InChI is InChI=1S/C16H15ClN2/c1-10-4-13(8-18)5-11(2)16(10)15-6-14(7-17)12(3)9-19-15/h4-6,9H,7H2,1-3H3. The van der Waals surface area contributed by atoms with Crippen molar-refractivity contribution in [2.75, 3.05) is 0 Å². The van der Waals surface area contributed by atoms with E-state index in [1.54, 1.807) is 0 Å². The summed E-state index contributed by atoms with van der Waals surface area (Å²) >= 11 is 5.95. The van der Waals surface area contributed by atoms with Gasteiger partial charge in [0.2, 0.25) is 0 Å². The van der Waals surface area contributed by atoms with Crippen LogP contribution in [0.3, 0.4) is 0 Å². The Bertz CT molecular complexity index is 646. The van der Waals surface area contributed by atoms with Crippen molar-refractivity contribution in [1.29, 1.82) is 5.26 Å². The van der Waals surface area contributed by atoms with Crippen LogP contribution in [0.15, 0.2) is 24.4 Å². The summed E-state index contributed by atoms with van der Waals surface area (Å²) < 4.78 is 0. The minimum atomic E-state index is 0.482. The van der Waals surface area contributed by atoms with Crippen molar-refractivity contribution in [2.24, 2.45) is 0 Å². The molecule has 1 heterocycles. The van der Waals surface area contributed by atoms with Crippen LogP contribution in [0.4, 0.5) is 0 Å². The largest absolute Gasteiger partial charge is 0.256 e. The summed E-state index contributed by atoms with van der Waals surface area (Å²) in [5, 5.41) is 8.98. The number of halogens is 1. The fourth-order valence-electron chi connectivity index (χ4n) is 2.28. The number of benzene rings is 1. The number of aryl methyl sites for hydroxylation is 3. The maximum atomic E-state index is 8.98. The fraction of sp³-hybridized carbons (Fsp3) is 0.250. The SMILES string of the molecule is Cc1cnc(-c2c(C)cc(C#N)cc2C)cc1CCl. The number of rotatable bonds is 2. The van der Waals surface area contributed by atoms with Gasteiger partial charge in [0.15, 0.2) is 0 Å². The normalized spacial score (nSPS) is 10.3. The topological polar surface area (TPSA) is 36.7 Å². The van der Waals surface area contributed by atoms with Gasteiger partial charge >= 0.3 is 0 Å². The van der Waals surface area contributed by atoms with Gasteiger partial charge in [-0.1, -0.05) is 0 Å². The van der Waals surface area contributed by atoms with Crippen LogP contribution in [0.2, 0.25) is 0 Å². The Morgan fingerprint density at radius 3 is 2.26 bits per heavy atom. The van der Waals surface area contributed by atoms with E-state index >= 15 is 0 Å². The smallest absolute Gasteiger partial charge is 0.0991 e. The molecule has 2 rings (SSSR count). The molecule has 0 radical (unpaired) electrons. The lowest BCUT2D eigenvalue weighted by Crippen LogP contribution is -1.95. The lowest BCUT2D eigenvalue weighted by atomic mass is 9.96. The van der Waals surface area contributed by atoms with Crippen molar-refractivity contribution in [3.05, 3.63) is 52.2 Å². The van der Waals surface area contributed by atoms with Crippen LogP contribution in [0.5, 0.6) is 0 Å². The molecule has 0 saturated heterocycles. The maximum Gasteiger partial charge on any atom is 0.0991 e. The molecule has 2 nitrogen and oxygen atoms in total. The summed E-state index contributed by atoms with van der Waals surface area (Å²) in [5.41, 5.74) is 7.01. The monoisotopic (exact) mass is 270 g/mol. The highest BCUT2D eigenvalue weighted by atomic mass is 35.5. The van der Waals surface area contributed by atoms with Gasteiger partial charge in [0.05, 0.1) is 17.3 Å². The summed E-state index contributed by atoms with van der Waals surface area (Å²) in [6, 6.07) is 8.00. The van der Waals surface area contributed by atoms with Gasteiger partial charge in [-0.05, 0) is 61.2 Å². The van der Waals surface area contributed by atoms with E-state index in [9.17, 15) is 0 Å². The minimum Gasteiger partial charge on any atom is -0.256 e. The highest BCUT2D eigenvalue weighted by molar-refractivity contribution is 6.17. The Hall–Kier alpha value is -1.85. The van der Waals surface area contributed by atoms with E-state index in [2.05, 4.69) is 11.1 Å². The van der Waals surface area contributed by atoms with Gasteiger partial charge in [-0.2, -0.15) is 5.26 Å². The lowest BCUT2D eigenvalue weighted by Gasteiger charge is -2.12. The van der Waals surface area contributed by atoms with E-state index in [4.69, 9.17) is 16.9 Å². The highest BCUT2D eigenvalue weighted by Gasteiger charge is 2.10. The summed E-state index contributed by atoms with van der Waals surface area (Å²) in [6.07, 6.45) is 1.85. The molecule has 0 unspecified atom stereocenters. The summed E-state index contributed by atoms with van der Waals surface area (Å²) in [7, 11) is 0. The summed E-state index contributed by atoms with van der Waals surface area (Å²) in [4.78, 5) is 4.49. The number of pyridine rings is 1. The first-order valence-corrected chi connectivity index (χ1v) is 6.63. The van der Waals surface area contributed by atoms with Crippen LogP contribution >= 0.6 is 11.6 Å². The molecule has 3 heteroatoms. The Balaban J connectivity index is 2.63. The number of hydrogen-bond donors (Lipinski definition) is 0. The van der Waals surface area contributed by atoms with Crippen LogP contribution in [0.1, 0.15) is 27.8 Å².